The third-order valence-corrected chi connectivity index (χ3v) is 5.39. The Morgan fingerprint density at radius 2 is 1.54 bits per heavy atom. The van der Waals surface area contributed by atoms with Crippen molar-refractivity contribution in [1.29, 1.82) is 0 Å². The number of carbonyl (C=O) groups is 3. The first-order valence-corrected chi connectivity index (χ1v) is 11.5. The summed E-state index contributed by atoms with van der Waals surface area (Å²) in [5.41, 5.74) is 1.41. The summed E-state index contributed by atoms with van der Waals surface area (Å²) in [6, 6.07) is 19.0. The van der Waals surface area contributed by atoms with Gasteiger partial charge in [-0.05, 0) is 47.9 Å². The van der Waals surface area contributed by atoms with Crippen LogP contribution in [0.25, 0.3) is 0 Å². The molecule has 0 radical (unpaired) electrons. The van der Waals surface area contributed by atoms with Gasteiger partial charge in [0.2, 0.25) is 0 Å². The van der Waals surface area contributed by atoms with Gasteiger partial charge in [-0.15, -0.1) is 0 Å². The number of esters is 1. The second kappa shape index (κ2) is 12.2. The Balaban J connectivity index is 1.70. The van der Waals surface area contributed by atoms with Crippen molar-refractivity contribution in [2.24, 2.45) is 5.92 Å². The minimum Gasteiger partial charge on any atom is -0.445 e. The number of amides is 2. The van der Waals surface area contributed by atoms with Crippen LogP contribution in [0.1, 0.15) is 29.8 Å². The molecule has 3 rings (SSSR count). The normalized spacial score (nSPS) is 11.5. The zero-order valence-corrected chi connectivity index (χ0v) is 20.6. The predicted molar refractivity (Wildman–Crippen MR) is 135 cm³/mol. The van der Waals surface area contributed by atoms with Crippen molar-refractivity contribution in [3.63, 3.8) is 0 Å². The lowest BCUT2D eigenvalue weighted by Crippen LogP contribution is -2.46. The first kappa shape index (κ1) is 26.1. The second-order valence-corrected chi connectivity index (χ2v) is 8.82. The lowest BCUT2D eigenvalue weighted by molar-refractivity contribution is -0.137. The Kier molecular flexibility index (Phi) is 9.11. The average Bonchev–Trinajstić information content (AvgIpc) is 2.83. The molecule has 0 fully saturated rings. The van der Waals surface area contributed by atoms with Gasteiger partial charge in [-0.2, -0.15) is 0 Å². The maximum Gasteiger partial charge on any atom is 0.408 e. The first-order valence-electron chi connectivity index (χ1n) is 10.8. The highest BCUT2D eigenvalue weighted by molar-refractivity contribution is 6.31. The molecule has 35 heavy (non-hydrogen) atoms. The van der Waals surface area contributed by atoms with Crippen molar-refractivity contribution in [3.05, 3.63) is 94.0 Å². The Hall–Kier alpha value is -3.55. The highest BCUT2D eigenvalue weighted by Crippen LogP contribution is 2.26. The standard InChI is InChI=1S/C26H24Cl2N2O5/c1-16(2)23(30-26(33)34-15-17-6-4-3-5-7-17)25(32)35-22-14-19(28)10-13-21(22)24(31)29-20-11-8-18(27)9-12-20/h3-14,16,23H,15H2,1-2H3,(H,29,31)(H,30,33)/t23-/m0/s1. The van der Waals surface area contributed by atoms with Crippen molar-refractivity contribution in [3.8, 4) is 5.75 Å². The largest absolute Gasteiger partial charge is 0.445 e. The zero-order valence-electron chi connectivity index (χ0n) is 19.1. The summed E-state index contributed by atoms with van der Waals surface area (Å²) >= 11 is 12.0. The number of hydrogen-bond acceptors (Lipinski definition) is 5. The summed E-state index contributed by atoms with van der Waals surface area (Å²) in [6.45, 7) is 3.54. The lowest BCUT2D eigenvalue weighted by atomic mass is 10.0. The van der Waals surface area contributed by atoms with E-state index in [4.69, 9.17) is 32.7 Å². The molecule has 182 valence electrons. The van der Waals surface area contributed by atoms with Gasteiger partial charge in [0.1, 0.15) is 18.4 Å². The molecular formula is C26H24Cl2N2O5. The van der Waals surface area contributed by atoms with Crippen molar-refractivity contribution in [2.75, 3.05) is 5.32 Å². The van der Waals surface area contributed by atoms with Gasteiger partial charge in [-0.25, -0.2) is 9.59 Å². The van der Waals surface area contributed by atoms with Gasteiger partial charge in [-0.3, -0.25) is 4.79 Å². The predicted octanol–water partition coefficient (Wildman–Crippen LogP) is 6.10. The molecule has 7 nitrogen and oxygen atoms in total. The summed E-state index contributed by atoms with van der Waals surface area (Å²) < 4.78 is 10.7. The fourth-order valence-electron chi connectivity index (χ4n) is 3.06. The monoisotopic (exact) mass is 514 g/mol. The topological polar surface area (TPSA) is 93.7 Å². The molecule has 0 aliphatic heterocycles. The summed E-state index contributed by atoms with van der Waals surface area (Å²) in [6.07, 6.45) is -0.767. The summed E-state index contributed by atoms with van der Waals surface area (Å²) in [7, 11) is 0. The quantitative estimate of drug-likeness (QED) is 0.279. The number of hydrogen-bond donors (Lipinski definition) is 2. The van der Waals surface area contributed by atoms with E-state index in [1.165, 1.54) is 18.2 Å². The summed E-state index contributed by atoms with van der Waals surface area (Å²) in [4.78, 5) is 38.1. The number of benzene rings is 3. The molecule has 0 aromatic heterocycles. The third-order valence-electron chi connectivity index (χ3n) is 4.91. The van der Waals surface area contributed by atoms with Gasteiger partial charge < -0.3 is 20.1 Å². The van der Waals surface area contributed by atoms with Gasteiger partial charge in [0, 0.05) is 21.8 Å². The van der Waals surface area contributed by atoms with Crippen LogP contribution in [-0.2, 0) is 16.1 Å². The number of anilines is 1. The lowest BCUT2D eigenvalue weighted by Gasteiger charge is -2.21. The molecule has 3 aromatic carbocycles. The summed E-state index contributed by atoms with van der Waals surface area (Å²) in [5.74, 6) is -1.64. The number of alkyl carbamates (subject to hydrolysis) is 1. The molecule has 0 unspecified atom stereocenters. The molecule has 0 aliphatic rings. The van der Waals surface area contributed by atoms with Gasteiger partial charge in [0.25, 0.3) is 5.91 Å². The Bertz CT molecular complexity index is 1180. The molecule has 2 amide bonds. The fraction of sp³-hybridized carbons (Fsp3) is 0.192. The van der Waals surface area contributed by atoms with Crippen molar-refractivity contribution in [2.45, 2.75) is 26.5 Å². The van der Waals surface area contributed by atoms with Crippen LogP contribution in [0.2, 0.25) is 10.0 Å². The second-order valence-electron chi connectivity index (χ2n) is 7.95. The molecule has 2 N–H and O–H groups in total. The van der Waals surface area contributed by atoms with Gasteiger partial charge in [0.15, 0.2) is 0 Å². The van der Waals surface area contributed by atoms with Crippen LogP contribution in [0.4, 0.5) is 10.5 Å². The summed E-state index contributed by atoms with van der Waals surface area (Å²) in [5, 5.41) is 6.04. The van der Waals surface area contributed by atoms with Crippen LogP contribution in [-0.4, -0.2) is 24.0 Å². The highest BCUT2D eigenvalue weighted by Gasteiger charge is 2.28. The van der Waals surface area contributed by atoms with E-state index < -0.39 is 24.0 Å². The number of halogens is 2. The molecule has 0 heterocycles. The van der Waals surface area contributed by atoms with E-state index in [0.29, 0.717) is 10.7 Å². The number of carbonyl (C=O) groups excluding carboxylic acids is 3. The van der Waals surface area contributed by atoms with Crippen LogP contribution in [0.15, 0.2) is 72.8 Å². The maximum atomic E-state index is 13.0. The van der Waals surface area contributed by atoms with Gasteiger partial charge in [-0.1, -0.05) is 67.4 Å². The van der Waals surface area contributed by atoms with Crippen molar-refractivity contribution < 1.29 is 23.9 Å². The first-order chi connectivity index (χ1) is 16.7. The minimum absolute atomic E-state index is 0.0425. The van der Waals surface area contributed by atoms with Crippen LogP contribution in [0.3, 0.4) is 0 Å². The molecule has 9 heteroatoms. The van der Waals surface area contributed by atoms with Crippen LogP contribution in [0.5, 0.6) is 5.75 Å². The van der Waals surface area contributed by atoms with Crippen LogP contribution >= 0.6 is 23.2 Å². The minimum atomic E-state index is -1.02. The number of rotatable bonds is 8. The molecule has 0 aliphatic carbocycles. The molecule has 0 bridgehead atoms. The Morgan fingerprint density at radius 1 is 0.886 bits per heavy atom. The smallest absolute Gasteiger partial charge is 0.408 e. The number of ether oxygens (including phenoxy) is 2. The molecule has 0 saturated carbocycles. The highest BCUT2D eigenvalue weighted by atomic mass is 35.5. The van der Waals surface area contributed by atoms with Crippen molar-refractivity contribution in [1.82, 2.24) is 5.32 Å². The molecule has 3 aromatic rings. The molecule has 0 spiro atoms. The Morgan fingerprint density at radius 3 is 2.20 bits per heavy atom. The van der Waals surface area contributed by atoms with E-state index in [2.05, 4.69) is 10.6 Å². The molecular weight excluding hydrogens is 491 g/mol. The van der Waals surface area contributed by atoms with E-state index in [0.717, 1.165) is 5.56 Å². The van der Waals surface area contributed by atoms with Crippen LogP contribution < -0.4 is 15.4 Å². The zero-order chi connectivity index (χ0) is 25.4. The van der Waals surface area contributed by atoms with E-state index in [-0.39, 0.29) is 28.9 Å². The molecule has 1 atom stereocenters. The van der Waals surface area contributed by atoms with Crippen LogP contribution in [0, 0.1) is 5.92 Å². The average molecular weight is 515 g/mol. The maximum absolute atomic E-state index is 13.0. The molecule has 0 saturated heterocycles. The van der Waals surface area contributed by atoms with E-state index in [9.17, 15) is 14.4 Å². The van der Waals surface area contributed by atoms with E-state index in [1.807, 2.05) is 30.3 Å². The van der Waals surface area contributed by atoms with E-state index in [1.54, 1.807) is 38.1 Å². The fourth-order valence-corrected chi connectivity index (χ4v) is 3.35. The third kappa shape index (κ3) is 7.73. The van der Waals surface area contributed by atoms with Gasteiger partial charge in [0.05, 0.1) is 5.56 Å². The number of nitrogens with one attached hydrogen (secondary N) is 2. The van der Waals surface area contributed by atoms with E-state index >= 15 is 0 Å². The van der Waals surface area contributed by atoms with Gasteiger partial charge >= 0.3 is 12.1 Å². The SMILES string of the molecule is CC(C)[C@H](NC(=O)OCc1ccccc1)C(=O)Oc1cc(Cl)ccc1C(=O)Nc1ccc(Cl)cc1. The Labute approximate surface area is 213 Å². The van der Waals surface area contributed by atoms with Crippen molar-refractivity contribution >= 4 is 46.9 Å².